The molecule has 0 aliphatic carbocycles. The van der Waals surface area contributed by atoms with Gasteiger partial charge in [-0.05, 0) is 13.8 Å². The zero-order chi connectivity index (χ0) is 13.4. The van der Waals surface area contributed by atoms with Crippen molar-refractivity contribution in [2.45, 2.75) is 19.9 Å². The summed E-state index contributed by atoms with van der Waals surface area (Å²) in [5.74, 6) is -1.27. The monoisotopic (exact) mass is 245 g/mol. The molecule has 0 saturated heterocycles. The smallest absolute Gasteiger partial charge is 0.325 e. The van der Waals surface area contributed by atoms with E-state index >= 15 is 0 Å². The lowest BCUT2D eigenvalue weighted by Gasteiger charge is -2.25. The van der Waals surface area contributed by atoms with Gasteiger partial charge in [0.25, 0.3) is 0 Å². The first-order chi connectivity index (χ1) is 7.92. The molecule has 0 aromatic carbocycles. The molecule has 0 aliphatic heterocycles. The molecular weight excluding hydrogens is 226 g/mol. The molecule has 0 saturated carbocycles. The molecule has 0 heterocycles. The largest absolute Gasteiger partial charge is 0.468 e. The molecule has 7 heteroatoms. The molecule has 3 N–H and O–H groups in total. The quantitative estimate of drug-likeness (QED) is 0.553. The third kappa shape index (κ3) is 5.86. The first-order valence-electron chi connectivity index (χ1n) is 5.25. The number of nitrogens with zero attached hydrogens (tertiary/aromatic N) is 1. The SMILES string of the molecule is COC(=O)CN(C(=O)CNC(=O)CN)C(C)C. The minimum absolute atomic E-state index is 0.133. The fourth-order valence-corrected chi connectivity index (χ4v) is 1.11. The fraction of sp³-hybridized carbons (Fsp3) is 0.700. The Labute approximate surface area is 100 Å². The van der Waals surface area contributed by atoms with Crippen LogP contribution < -0.4 is 11.1 Å². The van der Waals surface area contributed by atoms with Crippen molar-refractivity contribution in [2.24, 2.45) is 5.73 Å². The van der Waals surface area contributed by atoms with Gasteiger partial charge in [0.05, 0.1) is 20.2 Å². The van der Waals surface area contributed by atoms with E-state index in [1.165, 1.54) is 12.0 Å². The van der Waals surface area contributed by atoms with Gasteiger partial charge >= 0.3 is 5.97 Å². The summed E-state index contributed by atoms with van der Waals surface area (Å²) in [5.41, 5.74) is 5.09. The van der Waals surface area contributed by atoms with Gasteiger partial charge < -0.3 is 20.7 Å². The Bertz CT molecular complexity index is 291. The van der Waals surface area contributed by atoms with Crippen molar-refractivity contribution in [1.29, 1.82) is 0 Å². The standard InChI is InChI=1S/C10H19N3O4/c1-7(2)13(6-10(16)17-3)9(15)5-12-8(14)4-11/h7H,4-6,11H2,1-3H3,(H,12,14). The summed E-state index contributed by atoms with van der Waals surface area (Å²) in [5, 5.41) is 2.35. The average molecular weight is 245 g/mol. The van der Waals surface area contributed by atoms with Crippen molar-refractivity contribution < 1.29 is 19.1 Å². The zero-order valence-electron chi connectivity index (χ0n) is 10.4. The van der Waals surface area contributed by atoms with Crippen molar-refractivity contribution in [3.8, 4) is 0 Å². The van der Waals surface area contributed by atoms with E-state index in [0.717, 1.165) is 0 Å². The lowest BCUT2D eigenvalue weighted by molar-refractivity contribution is -0.148. The number of rotatable bonds is 6. The highest BCUT2D eigenvalue weighted by molar-refractivity contribution is 5.87. The topological polar surface area (TPSA) is 102 Å². The predicted molar refractivity (Wildman–Crippen MR) is 60.9 cm³/mol. The molecule has 0 aliphatic rings. The zero-order valence-corrected chi connectivity index (χ0v) is 10.4. The van der Waals surface area contributed by atoms with E-state index in [1.807, 2.05) is 0 Å². The van der Waals surface area contributed by atoms with Gasteiger partial charge in [-0.25, -0.2) is 0 Å². The van der Waals surface area contributed by atoms with Gasteiger partial charge in [-0.1, -0.05) is 0 Å². The first-order valence-corrected chi connectivity index (χ1v) is 5.25. The van der Waals surface area contributed by atoms with Crippen LogP contribution in [0.15, 0.2) is 0 Å². The number of esters is 1. The molecule has 0 fully saturated rings. The van der Waals surface area contributed by atoms with Crippen LogP contribution in [0.3, 0.4) is 0 Å². The molecule has 2 amide bonds. The Balaban J connectivity index is 4.35. The van der Waals surface area contributed by atoms with E-state index in [4.69, 9.17) is 5.73 Å². The Morgan fingerprint density at radius 3 is 2.35 bits per heavy atom. The second kappa shape index (κ2) is 7.61. The summed E-state index contributed by atoms with van der Waals surface area (Å²) >= 11 is 0. The minimum Gasteiger partial charge on any atom is -0.468 e. The molecule has 7 nitrogen and oxygen atoms in total. The van der Waals surface area contributed by atoms with E-state index in [-0.39, 0.29) is 31.6 Å². The third-order valence-corrected chi connectivity index (χ3v) is 2.09. The molecule has 0 bridgehead atoms. The molecule has 98 valence electrons. The number of nitrogens with two attached hydrogens (primary N) is 1. The van der Waals surface area contributed by atoms with E-state index < -0.39 is 11.9 Å². The summed E-state index contributed by atoms with van der Waals surface area (Å²) < 4.78 is 4.49. The molecule has 0 unspecified atom stereocenters. The second-order valence-electron chi connectivity index (χ2n) is 3.67. The summed E-state index contributed by atoms with van der Waals surface area (Å²) in [4.78, 5) is 35.0. The van der Waals surface area contributed by atoms with Crippen molar-refractivity contribution in [2.75, 3.05) is 26.7 Å². The van der Waals surface area contributed by atoms with E-state index in [2.05, 4.69) is 10.1 Å². The summed E-state index contributed by atoms with van der Waals surface area (Å²) in [7, 11) is 1.25. The Morgan fingerprint density at radius 2 is 1.94 bits per heavy atom. The Morgan fingerprint density at radius 1 is 1.35 bits per heavy atom. The van der Waals surface area contributed by atoms with Crippen LogP contribution in [-0.2, 0) is 19.1 Å². The lowest BCUT2D eigenvalue weighted by Crippen LogP contribution is -2.46. The second-order valence-corrected chi connectivity index (χ2v) is 3.67. The van der Waals surface area contributed by atoms with Gasteiger partial charge in [0.2, 0.25) is 11.8 Å². The molecular formula is C10H19N3O4. The van der Waals surface area contributed by atoms with Crippen LogP contribution in [0, 0.1) is 0 Å². The Hall–Kier alpha value is -1.63. The van der Waals surface area contributed by atoms with Crippen LogP contribution in [-0.4, -0.2) is 55.5 Å². The van der Waals surface area contributed by atoms with Gasteiger partial charge in [-0.15, -0.1) is 0 Å². The number of nitrogens with one attached hydrogen (secondary N) is 1. The van der Waals surface area contributed by atoms with Crippen molar-refractivity contribution >= 4 is 17.8 Å². The molecule has 0 rings (SSSR count). The molecule has 0 aromatic rings. The summed E-state index contributed by atoms with van der Waals surface area (Å²) in [6.07, 6.45) is 0. The van der Waals surface area contributed by atoms with Crippen LogP contribution in [0.5, 0.6) is 0 Å². The highest BCUT2D eigenvalue weighted by Crippen LogP contribution is 1.99. The first kappa shape index (κ1) is 15.4. The number of amides is 2. The normalized spacial score (nSPS) is 9.94. The maximum absolute atomic E-state index is 11.7. The number of carbonyl (C=O) groups excluding carboxylic acids is 3. The van der Waals surface area contributed by atoms with Gasteiger partial charge in [-0.3, -0.25) is 14.4 Å². The maximum Gasteiger partial charge on any atom is 0.325 e. The van der Waals surface area contributed by atoms with Gasteiger partial charge in [0.1, 0.15) is 6.54 Å². The van der Waals surface area contributed by atoms with Crippen LogP contribution in [0.4, 0.5) is 0 Å². The minimum atomic E-state index is -0.503. The van der Waals surface area contributed by atoms with E-state index in [9.17, 15) is 14.4 Å². The van der Waals surface area contributed by atoms with Crippen LogP contribution in [0.2, 0.25) is 0 Å². The van der Waals surface area contributed by atoms with E-state index in [0.29, 0.717) is 0 Å². The van der Waals surface area contributed by atoms with Crippen LogP contribution in [0.25, 0.3) is 0 Å². The summed E-state index contributed by atoms with van der Waals surface area (Å²) in [6, 6.07) is -0.156. The molecule has 0 radical (unpaired) electrons. The van der Waals surface area contributed by atoms with Crippen molar-refractivity contribution in [1.82, 2.24) is 10.2 Å². The highest BCUT2D eigenvalue weighted by Gasteiger charge is 2.20. The molecule has 0 atom stereocenters. The van der Waals surface area contributed by atoms with Crippen molar-refractivity contribution in [3.05, 3.63) is 0 Å². The third-order valence-electron chi connectivity index (χ3n) is 2.09. The molecule has 0 spiro atoms. The highest BCUT2D eigenvalue weighted by atomic mass is 16.5. The number of carbonyl (C=O) groups is 3. The lowest BCUT2D eigenvalue weighted by atomic mass is 10.3. The molecule has 17 heavy (non-hydrogen) atoms. The van der Waals surface area contributed by atoms with E-state index in [1.54, 1.807) is 13.8 Å². The van der Waals surface area contributed by atoms with Crippen LogP contribution >= 0.6 is 0 Å². The van der Waals surface area contributed by atoms with Gasteiger partial charge in [0.15, 0.2) is 0 Å². The van der Waals surface area contributed by atoms with Crippen molar-refractivity contribution in [3.63, 3.8) is 0 Å². The number of hydrogen-bond donors (Lipinski definition) is 2. The Kier molecular flexibility index (Phi) is 6.88. The van der Waals surface area contributed by atoms with Gasteiger partial charge in [0, 0.05) is 6.04 Å². The van der Waals surface area contributed by atoms with Gasteiger partial charge in [-0.2, -0.15) is 0 Å². The fourth-order valence-electron chi connectivity index (χ4n) is 1.11. The summed E-state index contributed by atoms with van der Waals surface area (Å²) in [6.45, 7) is 3.06. The predicted octanol–water partition coefficient (Wildman–Crippen LogP) is -1.53. The van der Waals surface area contributed by atoms with Crippen LogP contribution in [0.1, 0.15) is 13.8 Å². The average Bonchev–Trinajstić information content (AvgIpc) is 2.31. The number of hydrogen-bond acceptors (Lipinski definition) is 5. The molecule has 0 aromatic heterocycles. The number of ether oxygens (including phenoxy) is 1. The maximum atomic E-state index is 11.7. The number of methoxy groups -OCH3 is 1.